The van der Waals surface area contributed by atoms with Gasteiger partial charge in [0.1, 0.15) is 11.6 Å². The number of piperidine rings is 1. The van der Waals surface area contributed by atoms with Crippen molar-refractivity contribution in [2.45, 2.75) is 12.8 Å². The Balaban J connectivity index is 1.38. The summed E-state index contributed by atoms with van der Waals surface area (Å²) in [5.41, 5.74) is 12.8. The van der Waals surface area contributed by atoms with E-state index in [-0.39, 0.29) is 11.9 Å². The molecule has 0 aliphatic carbocycles. The van der Waals surface area contributed by atoms with Crippen LogP contribution in [0, 0.1) is 5.92 Å². The molecule has 1 fully saturated rings. The predicted molar refractivity (Wildman–Crippen MR) is 119 cm³/mol. The lowest BCUT2D eigenvalue weighted by atomic mass is 9.97. The second-order valence-electron chi connectivity index (χ2n) is 7.29. The Labute approximate surface area is 183 Å². The van der Waals surface area contributed by atoms with Crippen LogP contribution < -0.4 is 16.2 Å². The number of benzene rings is 2. The number of anilines is 2. The van der Waals surface area contributed by atoms with Crippen molar-refractivity contribution in [3.8, 4) is 5.75 Å². The Morgan fingerprint density at radius 2 is 1.90 bits per heavy atom. The Morgan fingerprint density at radius 3 is 2.63 bits per heavy atom. The normalized spacial score (nSPS) is 14.8. The van der Waals surface area contributed by atoms with E-state index in [4.69, 9.17) is 39.4 Å². The Hall–Kier alpha value is -2.77. The number of likely N-dealkylation sites (tertiary alicyclic amines) is 1. The number of nitrogens with two attached hydrogens (primary N) is 2. The molecular weight excluding hydrogens is 425 g/mol. The summed E-state index contributed by atoms with van der Waals surface area (Å²) in [6, 6.07) is 10.4. The number of carbonyl (C=O) groups is 1. The quantitative estimate of drug-likeness (QED) is 0.627. The zero-order valence-electron chi connectivity index (χ0n) is 16.1. The Morgan fingerprint density at radius 1 is 1.13 bits per heavy atom. The van der Waals surface area contributed by atoms with Gasteiger partial charge in [-0.2, -0.15) is 4.98 Å². The number of rotatable bonds is 4. The minimum Gasteiger partial charge on any atom is -0.492 e. The van der Waals surface area contributed by atoms with Gasteiger partial charge < -0.3 is 21.1 Å². The molecule has 9 heteroatoms. The van der Waals surface area contributed by atoms with Gasteiger partial charge in [0.15, 0.2) is 0 Å². The van der Waals surface area contributed by atoms with Gasteiger partial charge in [0.05, 0.1) is 28.1 Å². The van der Waals surface area contributed by atoms with E-state index in [2.05, 4.69) is 9.97 Å². The highest BCUT2D eigenvalue weighted by molar-refractivity contribution is 6.36. The molecule has 4 rings (SSSR count). The first-order valence-corrected chi connectivity index (χ1v) is 10.4. The highest BCUT2D eigenvalue weighted by Crippen LogP contribution is 2.30. The van der Waals surface area contributed by atoms with Gasteiger partial charge in [-0.15, -0.1) is 0 Å². The summed E-state index contributed by atoms with van der Waals surface area (Å²) in [7, 11) is 0. The molecule has 0 radical (unpaired) electrons. The van der Waals surface area contributed by atoms with Crippen molar-refractivity contribution >= 4 is 51.8 Å². The number of ether oxygens (including phenoxy) is 1. The largest absolute Gasteiger partial charge is 0.492 e. The van der Waals surface area contributed by atoms with Crippen LogP contribution in [0.4, 0.5) is 11.8 Å². The van der Waals surface area contributed by atoms with Crippen LogP contribution in [-0.4, -0.2) is 40.5 Å². The minimum atomic E-state index is -0.0763. The second-order valence-corrected chi connectivity index (χ2v) is 8.13. The van der Waals surface area contributed by atoms with Crippen molar-refractivity contribution in [3.63, 3.8) is 0 Å². The molecule has 1 amide bonds. The monoisotopic (exact) mass is 445 g/mol. The molecule has 4 N–H and O–H groups in total. The first kappa shape index (κ1) is 20.5. The number of amides is 1. The van der Waals surface area contributed by atoms with Crippen molar-refractivity contribution in [1.29, 1.82) is 0 Å². The van der Waals surface area contributed by atoms with Gasteiger partial charge in [-0.1, -0.05) is 29.3 Å². The van der Waals surface area contributed by atoms with Gasteiger partial charge in [-0.3, -0.25) is 4.79 Å². The molecule has 1 aliphatic heterocycles. The van der Waals surface area contributed by atoms with Crippen molar-refractivity contribution in [1.82, 2.24) is 14.9 Å². The summed E-state index contributed by atoms with van der Waals surface area (Å²) in [6.07, 6.45) is 1.67. The fourth-order valence-corrected chi connectivity index (χ4v) is 4.15. The van der Waals surface area contributed by atoms with E-state index in [0.717, 1.165) is 12.8 Å². The molecule has 0 atom stereocenters. The molecule has 0 saturated carbocycles. The average molecular weight is 446 g/mol. The molecule has 0 bridgehead atoms. The van der Waals surface area contributed by atoms with Crippen LogP contribution in [0.2, 0.25) is 10.0 Å². The lowest BCUT2D eigenvalue weighted by molar-refractivity contribution is 0.0662. The maximum Gasteiger partial charge on any atom is 0.255 e. The first-order valence-electron chi connectivity index (χ1n) is 9.61. The molecule has 2 heterocycles. The van der Waals surface area contributed by atoms with E-state index < -0.39 is 0 Å². The summed E-state index contributed by atoms with van der Waals surface area (Å²) in [6.45, 7) is 1.80. The van der Waals surface area contributed by atoms with E-state index >= 15 is 0 Å². The topological polar surface area (TPSA) is 107 Å². The molecule has 156 valence electrons. The predicted octanol–water partition coefficient (Wildman–Crippen LogP) is 4.03. The standard InChI is InChI=1S/C21H21Cl2N5O2/c22-13-4-5-14(15(23)10-13)20(29)28-8-6-12(7-9-28)11-30-17-3-1-2-16-18(17)19(24)27-21(25)26-16/h1-5,10,12H,6-9,11H2,(H4,24,25,26,27). The maximum atomic E-state index is 12.8. The van der Waals surface area contributed by atoms with Crippen LogP contribution in [0.1, 0.15) is 23.2 Å². The molecule has 7 nitrogen and oxygen atoms in total. The zero-order chi connectivity index (χ0) is 21.3. The molecule has 3 aromatic rings. The fraction of sp³-hybridized carbons (Fsp3) is 0.286. The lowest BCUT2D eigenvalue weighted by Gasteiger charge is -2.32. The van der Waals surface area contributed by atoms with E-state index in [1.54, 1.807) is 18.2 Å². The van der Waals surface area contributed by atoms with Gasteiger partial charge in [-0.05, 0) is 49.1 Å². The van der Waals surface area contributed by atoms with Crippen LogP contribution >= 0.6 is 23.2 Å². The molecule has 1 saturated heterocycles. The number of aromatic nitrogens is 2. The van der Waals surface area contributed by atoms with Gasteiger partial charge >= 0.3 is 0 Å². The molecular formula is C21H21Cl2N5O2. The number of halogens is 2. The molecule has 1 aliphatic rings. The van der Waals surface area contributed by atoms with E-state index in [1.165, 1.54) is 0 Å². The molecule has 2 aromatic carbocycles. The van der Waals surface area contributed by atoms with Crippen molar-refractivity contribution in [3.05, 3.63) is 52.0 Å². The van der Waals surface area contributed by atoms with Crippen molar-refractivity contribution < 1.29 is 9.53 Å². The van der Waals surface area contributed by atoms with Crippen molar-refractivity contribution in [2.75, 3.05) is 31.2 Å². The number of fused-ring (bicyclic) bond motifs is 1. The van der Waals surface area contributed by atoms with Crippen LogP contribution in [0.5, 0.6) is 5.75 Å². The first-order chi connectivity index (χ1) is 14.4. The molecule has 0 spiro atoms. The van der Waals surface area contributed by atoms with Crippen LogP contribution in [-0.2, 0) is 0 Å². The third kappa shape index (κ3) is 4.22. The van der Waals surface area contributed by atoms with Gasteiger partial charge in [-0.25, -0.2) is 4.98 Å². The number of hydrogen-bond donors (Lipinski definition) is 2. The van der Waals surface area contributed by atoms with E-state index in [1.807, 2.05) is 23.1 Å². The average Bonchev–Trinajstić information content (AvgIpc) is 2.71. The van der Waals surface area contributed by atoms with Crippen molar-refractivity contribution in [2.24, 2.45) is 5.92 Å². The summed E-state index contributed by atoms with van der Waals surface area (Å²) < 4.78 is 6.05. The number of hydrogen-bond acceptors (Lipinski definition) is 6. The van der Waals surface area contributed by atoms with Crippen LogP contribution in [0.15, 0.2) is 36.4 Å². The summed E-state index contributed by atoms with van der Waals surface area (Å²) in [4.78, 5) is 22.8. The Kier molecular flexibility index (Phi) is 5.83. The van der Waals surface area contributed by atoms with Crippen LogP contribution in [0.3, 0.4) is 0 Å². The van der Waals surface area contributed by atoms with Gasteiger partial charge in [0, 0.05) is 18.1 Å². The minimum absolute atomic E-state index is 0.0763. The van der Waals surface area contributed by atoms with E-state index in [0.29, 0.717) is 63.7 Å². The molecule has 30 heavy (non-hydrogen) atoms. The second kappa shape index (κ2) is 8.53. The highest BCUT2D eigenvalue weighted by Gasteiger charge is 2.25. The third-order valence-corrected chi connectivity index (χ3v) is 5.82. The highest BCUT2D eigenvalue weighted by atomic mass is 35.5. The van der Waals surface area contributed by atoms with Gasteiger partial charge in [0.2, 0.25) is 5.95 Å². The smallest absolute Gasteiger partial charge is 0.255 e. The number of carbonyl (C=O) groups excluding carboxylic acids is 1. The fourth-order valence-electron chi connectivity index (χ4n) is 3.66. The zero-order valence-corrected chi connectivity index (χ0v) is 17.7. The Bertz CT molecular complexity index is 1100. The lowest BCUT2D eigenvalue weighted by Crippen LogP contribution is -2.39. The molecule has 1 aromatic heterocycles. The SMILES string of the molecule is Nc1nc(N)c2c(OCC3CCN(C(=O)c4ccc(Cl)cc4Cl)CC3)cccc2n1. The number of nitrogen functional groups attached to an aromatic ring is 2. The molecule has 0 unspecified atom stereocenters. The summed E-state index contributed by atoms with van der Waals surface area (Å²) in [5.74, 6) is 1.31. The summed E-state index contributed by atoms with van der Waals surface area (Å²) in [5, 5.41) is 1.54. The summed E-state index contributed by atoms with van der Waals surface area (Å²) >= 11 is 12.1. The van der Waals surface area contributed by atoms with Gasteiger partial charge in [0.25, 0.3) is 5.91 Å². The third-order valence-electron chi connectivity index (χ3n) is 5.27. The number of nitrogens with zero attached hydrogens (tertiary/aromatic N) is 3. The maximum absolute atomic E-state index is 12.8. The van der Waals surface area contributed by atoms with E-state index in [9.17, 15) is 4.79 Å². The van der Waals surface area contributed by atoms with Crippen LogP contribution in [0.25, 0.3) is 10.9 Å².